The number of benzene rings is 1. The maximum absolute atomic E-state index is 11.5. The van der Waals surface area contributed by atoms with Crippen LogP contribution in [-0.4, -0.2) is 24.1 Å². The molecule has 0 aliphatic rings. The molecule has 0 saturated carbocycles. The zero-order valence-electron chi connectivity index (χ0n) is 9.41. The summed E-state index contributed by atoms with van der Waals surface area (Å²) in [4.78, 5) is 15.1. The predicted octanol–water partition coefficient (Wildman–Crippen LogP) is 1.53. The van der Waals surface area contributed by atoms with Crippen LogP contribution in [-0.2, 0) is 0 Å². The molecule has 1 aromatic rings. The summed E-state index contributed by atoms with van der Waals surface area (Å²) in [6.07, 6.45) is 0. The van der Waals surface area contributed by atoms with E-state index in [4.69, 9.17) is 5.73 Å². The molecule has 0 radical (unpaired) electrons. The number of nitrogens with one attached hydrogen (secondary N) is 2. The summed E-state index contributed by atoms with van der Waals surface area (Å²) in [5, 5.41) is 14.3. The topological polar surface area (TPSA) is 99.7 Å². The van der Waals surface area contributed by atoms with Crippen molar-refractivity contribution in [2.24, 2.45) is 10.7 Å². The van der Waals surface area contributed by atoms with Gasteiger partial charge in [0.2, 0.25) is 0 Å². The van der Waals surface area contributed by atoms with Crippen LogP contribution < -0.4 is 16.4 Å². The number of amides is 2. The number of carbonyl (C=O) groups is 1. The second-order valence-electron chi connectivity index (χ2n) is 3.31. The summed E-state index contributed by atoms with van der Waals surface area (Å²) in [7, 11) is 1.47. The van der Waals surface area contributed by atoms with E-state index in [9.17, 15) is 9.90 Å². The van der Waals surface area contributed by atoms with E-state index in [0.29, 0.717) is 10.2 Å². The standard InChI is InChI=1S/C10H13BrN4O2/c1-5-3-6(16)4-7(11)8(5)14-10(17)15-9(12)13-2/h3-4,16H,1-2H3,(H4,12,13,14,15,17). The minimum absolute atomic E-state index is 0.0232. The first kappa shape index (κ1) is 13.3. The molecular formula is C10H13BrN4O2. The largest absolute Gasteiger partial charge is 0.508 e. The van der Waals surface area contributed by atoms with Gasteiger partial charge in [0.25, 0.3) is 0 Å². The second-order valence-corrected chi connectivity index (χ2v) is 4.16. The number of phenolic OH excluding ortho intramolecular Hbond substituents is 1. The van der Waals surface area contributed by atoms with Crippen molar-refractivity contribution in [1.29, 1.82) is 0 Å². The Morgan fingerprint density at radius 2 is 2.18 bits per heavy atom. The fourth-order valence-corrected chi connectivity index (χ4v) is 1.85. The van der Waals surface area contributed by atoms with Crippen LogP contribution in [0.3, 0.4) is 0 Å². The minimum Gasteiger partial charge on any atom is -0.508 e. The smallest absolute Gasteiger partial charge is 0.326 e. The Kier molecular flexibility index (Phi) is 4.33. The van der Waals surface area contributed by atoms with E-state index in [2.05, 4.69) is 31.6 Å². The molecule has 0 atom stereocenters. The maximum Gasteiger partial charge on any atom is 0.326 e. The first-order valence-corrected chi connectivity index (χ1v) is 5.52. The molecule has 1 rings (SSSR count). The van der Waals surface area contributed by atoms with E-state index in [1.54, 1.807) is 6.92 Å². The number of carbonyl (C=O) groups excluding carboxylic acids is 1. The second kappa shape index (κ2) is 5.53. The lowest BCUT2D eigenvalue weighted by Crippen LogP contribution is -2.39. The number of anilines is 1. The normalized spacial score (nSPS) is 11.1. The van der Waals surface area contributed by atoms with Gasteiger partial charge in [0.15, 0.2) is 5.96 Å². The Labute approximate surface area is 107 Å². The Morgan fingerprint density at radius 1 is 1.53 bits per heavy atom. The third kappa shape index (κ3) is 3.63. The summed E-state index contributed by atoms with van der Waals surface area (Å²) < 4.78 is 0.581. The summed E-state index contributed by atoms with van der Waals surface area (Å²) in [5.41, 5.74) is 6.63. The van der Waals surface area contributed by atoms with Gasteiger partial charge >= 0.3 is 6.03 Å². The molecule has 92 valence electrons. The summed E-state index contributed by atoms with van der Waals surface area (Å²) in [6.45, 7) is 1.76. The van der Waals surface area contributed by atoms with Crippen molar-refractivity contribution in [2.75, 3.05) is 12.4 Å². The lowest BCUT2D eigenvalue weighted by molar-refractivity contribution is 0.256. The van der Waals surface area contributed by atoms with E-state index in [0.717, 1.165) is 5.56 Å². The molecule has 0 aromatic heterocycles. The number of halogens is 1. The van der Waals surface area contributed by atoms with Crippen LogP contribution in [0.5, 0.6) is 5.75 Å². The van der Waals surface area contributed by atoms with Crippen LogP contribution in [0.4, 0.5) is 10.5 Å². The molecule has 0 spiro atoms. The fourth-order valence-electron chi connectivity index (χ4n) is 1.20. The third-order valence-corrected chi connectivity index (χ3v) is 2.62. The molecular weight excluding hydrogens is 288 g/mol. The van der Waals surface area contributed by atoms with Gasteiger partial charge in [0.1, 0.15) is 5.75 Å². The lowest BCUT2D eigenvalue weighted by atomic mass is 10.2. The number of hydrogen-bond donors (Lipinski definition) is 4. The number of phenols is 1. The highest BCUT2D eigenvalue weighted by Crippen LogP contribution is 2.30. The third-order valence-electron chi connectivity index (χ3n) is 1.99. The summed E-state index contributed by atoms with van der Waals surface area (Å²) in [5.74, 6) is 0.144. The van der Waals surface area contributed by atoms with E-state index in [-0.39, 0.29) is 11.7 Å². The Bertz CT molecular complexity index is 450. The Balaban J connectivity index is 2.85. The van der Waals surface area contributed by atoms with Crippen molar-refractivity contribution < 1.29 is 9.90 Å². The zero-order chi connectivity index (χ0) is 13.0. The average molecular weight is 301 g/mol. The van der Waals surface area contributed by atoms with Crippen molar-refractivity contribution in [3.05, 3.63) is 22.2 Å². The molecule has 5 N–H and O–H groups in total. The van der Waals surface area contributed by atoms with Crippen LogP contribution in [0.15, 0.2) is 21.6 Å². The van der Waals surface area contributed by atoms with Gasteiger partial charge in [-0.2, -0.15) is 0 Å². The highest BCUT2D eigenvalue weighted by atomic mass is 79.9. The minimum atomic E-state index is -0.498. The van der Waals surface area contributed by atoms with Crippen LogP contribution >= 0.6 is 15.9 Å². The molecule has 0 aliphatic heterocycles. The van der Waals surface area contributed by atoms with Crippen molar-refractivity contribution in [3.63, 3.8) is 0 Å². The van der Waals surface area contributed by atoms with Gasteiger partial charge in [0.05, 0.1) is 5.69 Å². The molecule has 7 heteroatoms. The van der Waals surface area contributed by atoms with Crippen molar-refractivity contribution in [1.82, 2.24) is 5.32 Å². The van der Waals surface area contributed by atoms with E-state index >= 15 is 0 Å². The molecule has 1 aromatic carbocycles. The highest BCUT2D eigenvalue weighted by Gasteiger charge is 2.10. The first-order valence-electron chi connectivity index (χ1n) is 4.73. The number of nitrogens with two attached hydrogens (primary N) is 1. The van der Waals surface area contributed by atoms with Crippen molar-refractivity contribution in [3.8, 4) is 5.75 Å². The summed E-state index contributed by atoms with van der Waals surface area (Å²) >= 11 is 3.25. The monoisotopic (exact) mass is 300 g/mol. The number of guanidine groups is 1. The Morgan fingerprint density at radius 3 is 2.71 bits per heavy atom. The van der Waals surface area contributed by atoms with E-state index in [1.807, 2.05) is 0 Å². The number of urea groups is 1. The van der Waals surface area contributed by atoms with Crippen molar-refractivity contribution in [2.45, 2.75) is 6.92 Å². The molecule has 0 aliphatic carbocycles. The van der Waals surface area contributed by atoms with Gasteiger partial charge < -0.3 is 16.2 Å². The van der Waals surface area contributed by atoms with Crippen molar-refractivity contribution >= 4 is 33.6 Å². The average Bonchev–Trinajstić information content (AvgIpc) is 2.23. The first-order chi connectivity index (χ1) is 7.93. The highest BCUT2D eigenvalue weighted by molar-refractivity contribution is 9.10. The van der Waals surface area contributed by atoms with Gasteiger partial charge in [-0.05, 0) is 40.5 Å². The van der Waals surface area contributed by atoms with E-state index < -0.39 is 6.03 Å². The van der Waals surface area contributed by atoms with E-state index in [1.165, 1.54) is 19.2 Å². The lowest BCUT2D eigenvalue weighted by Gasteiger charge is -2.11. The molecule has 17 heavy (non-hydrogen) atoms. The van der Waals surface area contributed by atoms with Crippen LogP contribution in [0.1, 0.15) is 5.56 Å². The van der Waals surface area contributed by atoms with Gasteiger partial charge in [-0.1, -0.05) is 0 Å². The number of aryl methyl sites for hydroxylation is 1. The van der Waals surface area contributed by atoms with Gasteiger partial charge in [-0.25, -0.2) is 4.79 Å². The molecule has 0 unspecified atom stereocenters. The quantitative estimate of drug-likeness (QED) is 0.359. The van der Waals surface area contributed by atoms with Crippen LogP contribution in [0.2, 0.25) is 0 Å². The maximum atomic E-state index is 11.5. The van der Waals surface area contributed by atoms with Crippen LogP contribution in [0.25, 0.3) is 0 Å². The number of nitrogens with zero attached hydrogens (tertiary/aromatic N) is 1. The SMILES string of the molecule is CN=C(N)NC(=O)Nc1c(C)cc(O)cc1Br. The number of aromatic hydroxyl groups is 1. The van der Waals surface area contributed by atoms with Gasteiger partial charge in [-0.15, -0.1) is 0 Å². The zero-order valence-corrected chi connectivity index (χ0v) is 11.0. The number of hydrogen-bond acceptors (Lipinski definition) is 3. The molecule has 0 fully saturated rings. The Hall–Kier alpha value is -1.76. The van der Waals surface area contributed by atoms with Crippen LogP contribution in [0, 0.1) is 6.92 Å². The van der Waals surface area contributed by atoms with Gasteiger partial charge in [0, 0.05) is 11.5 Å². The molecule has 6 nitrogen and oxygen atoms in total. The number of aliphatic imine (C=N–C) groups is 1. The predicted molar refractivity (Wildman–Crippen MR) is 70.2 cm³/mol. The fraction of sp³-hybridized carbons (Fsp3) is 0.200. The van der Waals surface area contributed by atoms with Gasteiger partial charge in [-0.3, -0.25) is 10.3 Å². The molecule has 0 bridgehead atoms. The molecule has 0 saturated heterocycles. The molecule has 2 amide bonds. The summed E-state index contributed by atoms with van der Waals surface area (Å²) in [6, 6.07) is 2.53. The molecule has 0 heterocycles. The number of rotatable bonds is 1.